The minimum absolute atomic E-state index is 0.0856. The molecule has 1 fully saturated rings. The first-order valence-corrected chi connectivity index (χ1v) is 5.47. The van der Waals surface area contributed by atoms with Gasteiger partial charge in [-0.3, -0.25) is 0 Å². The molecule has 70 valence electrons. The third-order valence-electron chi connectivity index (χ3n) is 2.51. The van der Waals surface area contributed by atoms with E-state index in [9.17, 15) is 4.91 Å². The van der Waals surface area contributed by atoms with Crippen LogP contribution in [0.1, 0.15) is 17.2 Å². The van der Waals surface area contributed by atoms with Crippen LogP contribution < -0.4 is 5.43 Å². The van der Waals surface area contributed by atoms with Gasteiger partial charge in [0.1, 0.15) is 10.9 Å². The molecule has 14 heavy (non-hydrogen) atoms. The maximum Gasteiger partial charge on any atom is 0.274 e. The van der Waals surface area contributed by atoms with Crippen molar-refractivity contribution in [1.29, 1.82) is 0 Å². The van der Waals surface area contributed by atoms with Gasteiger partial charge in [-0.05, 0) is 29.0 Å². The van der Waals surface area contributed by atoms with Crippen molar-refractivity contribution in [3.63, 3.8) is 0 Å². The molecule has 0 saturated carbocycles. The van der Waals surface area contributed by atoms with E-state index in [2.05, 4.69) is 23.6 Å². The van der Waals surface area contributed by atoms with Gasteiger partial charge in [0.25, 0.3) is 5.88 Å². The Bertz CT molecular complexity index is 442. The molecule has 3 rings (SSSR count). The number of hydrazine groups is 1. The molecule has 1 heterocycles. The minimum Gasteiger partial charge on any atom is -0.140 e. The minimum atomic E-state index is 0.0856. The standard InChI is InChI=1S/C10H9N2OS/c13-12-6-14-9-5-7-3-1-2-4-8(7)10(9)11-12/h1-5,10H,6H2,(H,11,13)/q+1. The summed E-state index contributed by atoms with van der Waals surface area (Å²) < 4.78 is 0. The Labute approximate surface area is 85.7 Å². The average Bonchev–Trinajstić information content (AvgIpc) is 2.56. The maximum absolute atomic E-state index is 11.2. The van der Waals surface area contributed by atoms with Crippen molar-refractivity contribution in [3.8, 4) is 0 Å². The topological polar surface area (TPSA) is 32.1 Å². The van der Waals surface area contributed by atoms with Gasteiger partial charge in [0.2, 0.25) is 0 Å². The number of nitrogens with one attached hydrogen (secondary N) is 1. The molecule has 1 aliphatic heterocycles. The largest absolute Gasteiger partial charge is 0.274 e. The Balaban J connectivity index is 2.08. The SMILES string of the molecule is O=[N+]1CSC2=Cc3ccccc3C2N1. The summed E-state index contributed by atoms with van der Waals surface area (Å²) in [6.07, 6.45) is 2.16. The van der Waals surface area contributed by atoms with E-state index in [1.807, 2.05) is 12.1 Å². The molecule has 0 aromatic heterocycles. The lowest BCUT2D eigenvalue weighted by molar-refractivity contribution is -0.596. The highest BCUT2D eigenvalue weighted by molar-refractivity contribution is 8.03. The molecule has 0 spiro atoms. The lowest BCUT2D eigenvalue weighted by Gasteiger charge is -2.16. The Kier molecular flexibility index (Phi) is 1.64. The molecule has 3 nitrogen and oxygen atoms in total. The number of nitrogens with zero attached hydrogens (tertiary/aromatic N) is 1. The molecular weight excluding hydrogens is 196 g/mol. The first-order valence-electron chi connectivity index (χ1n) is 4.49. The highest BCUT2D eigenvalue weighted by Gasteiger charge is 2.35. The molecule has 1 aromatic rings. The summed E-state index contributed by atoms with van der Waals surface area (Å²) >= 11 is 1.61. The van der Waals surface area contributed by atoms with Crippen LogP contribution in [0.25, 0.3) is 6.08 Å². The number of hydrogen-bond acceptors (Lipinski definition) is 2. The highest BCUT2D eigenvalue weighted by atomic mass is 32.2. The molecule has 0 radical (unpaired) electrons. The van der Waals surface area contributed by atoms with Crippen LogP contribution in [-0.2, 0) is 0 Å². The number of rotatable bonds is 0. The average molecular weight is 205 g/mol. The summed E-state index contributed by atoms with van der Waals surface area (Å²) in [5.41, 5.74) is 5.35. The van der Waals surface area contributed by atoms with Crippen LogP contribution in [0.3, 0.4) is 0 Å². The second kappa shape index (κ2) is 2.85. The van der Waals surface area contributed by atoms with Crippen LogP contribution in [0.2, 0.25) is 0 Å². The van der Waals surface area contributed by atoms with Gasteiger partial charge in [0, 0.05) is 4.91 Å². The van der Waals surface area contributed by atoms with E-state index < -0.39 is 0 Å². The molecule has 0 amide bonds. The van der Waals surface area contributed by atoms with E-state index in [0.717, 1.165) is 4.87 Å². The predicted octanol–water partition coefficient (Wildman–Crippen LogP) is 2.07. The smallest absolute Gasteiger partial charge is 0.140 e. The maximum atomic E-state index is 11.2. The Morgan fingerprint density at radius 2 is 2.29 bits per heavy atom. The van der Waals surface area contributed by atoms with Gasteiger partial charge in [-0.25, -0.2) is 0 Å². The second-order valence-corrected chi connectivity index (χ2v) is 4.41. The summed E-state index contributed by atoms with van der Waals surface area (Å²) in [7, 11) is 0. The van der Waals surface area contributed by atoms with Crippen molar-refractivity contribution >= 4 is 17.8 Å². The number of thioether (sulfide) groups is 1. The molecular formula is C10H9N2OS+. The van der Waals surface area contributed by atoms with E-state index in [4.69, 9.17) is 0 Å². The third kappa shape index (κ3) is 1.07. The van der Waals surface area contributed by atoms with Crippen molar-refractivity contribution < 1.29 is 4.87 Å². The molecule has 1 aliphatic carbocycles. The van der Waals surface area contributed by atoms with Crippen LogP contribution in [0.4, 0.5) is 0 Å². The molecule has 2 aliphatic rings. The van der Waals surface area contributed by atoms with Gasteiger partial charge in [-0.15, -0.1) is 5.43 Å². The van der Waals surface area contributed by atoms with Gasteiger partial charge in [0.05, 0.1) is 4.91 Å². The zero-order valence-electron chi connectivity index (χ0n) is 7.43. The number of benzene rings is 1. The lowest BCUT2D eigenvalue weighted by atomic mass is 10.1. The van der Waals surface area contributed by atoms with Crippen molar-refractivity contribution in [2.45, 2.75) is 6.04 Å². The molecule has 4 heteroatoms. The monoisotopic (exact) mass is 205 g/mol. The van der Waals surface area contributed by atoms with Gasteiger partial charge >= 0.3 is 0 Å². The fraction of sp³-hybridized carbons (Fsp3) is 0.200. The van der Waals surface area contributed by atoms with Crippen LogP contribution in [0.5, 0.6) is 0 Å². The first kappa shape index (κ1) is 8.05. The summed E-state index contributed by atoms with van der Waals surface area (Å²) in [6.45, 7) is 0. The van der Waals surface area contributed by atoms with E-state index in [0.29, 0.717) is 5.88 Å². The van der Waals surface area contributed by atoms with Gasteiger partial charge in [-0.1, -0.05) is 24.3 Å². The molecule has 1 unspecified atom stereocenters. The van der Waals surface area contributed by atoms with Gasteiger partial charge in [0.15, 0.2) is 0 Å². The molecule has 1 aromatic carbocycles. The quantitative estimate of drug-likeness (QED) is 0.658. The van der Waals surface area contributed by atoms with E-state index in [-0.39, 0.29) is 6.04 Å². The Hall–Kier alpha value is -1.29. The Morgan fingerprint density at radius 1 is 1.43 bits per heavy atom. The van der Waals surface area contributed by atoms with Crippen molar-refractivity contribution in [3.05, 3.63) is 45.2 Å². The summed E-state index contributed by atoms with van der Waals surface area (Å²) in [5.74, 6) is 0.469. The molecule has 1 atom stereocenters. The van der Waals surface area contributed by atoms with Gasteiger partial charge in [-0.2, -0.15) is 0 Å². The molecule has 1 saturated heterocycles. The van der Waals surface area contributed by atoms with Crippen LogP contribution in [0.15, 0.2) is 29.2 Å². The first-order chi connectivity index (χ1) is 6.84. The fourth-order valence-corrected chi connectivity index (χ4v) is 2.77. The van der Waals surface area contributed by atoms with Crippen molar-refractivity contribution in [2.75, 3.05) is 5.88 Å². The van der Waals surface area contributed by atoms with Crippen LogP contribution in [0, 0.1) is 4.91 Å². The van der Waals surface area contributed by atoms with Crippen molar-refractivity contribution in [2.24, 2.45) is 0 Å². The Morgan fingerprint density at radius 3 is 3.21 bits per heavy atom. The summed E-state index contributed by atoms with van der Waals surface area (Å²) in [6, 6.07) is 8.26. The zero-order chi connectivity index (χ0) is 9.54. The number of hydrogen-bond donors (Lipinski definition) is 1. The van der Waals surface area contributed by atoms with Crippen molar-refractivity contribution in [1.82, 2.24) is 5.43 Å². The summed E-state index contributed by atoms with van der Waals surface area (Å²) in [5, 5.41) is 0. The van der Waals surface area contributed by atoms with Crippen LogP contribution >= 0.6 is 11.8 Å². The van der Waals surface area contributed by atoms with E-state index in [1.54, 1.807) is 11.8 Å². The normalized spacial score (nSPS) is 23.6. The van der Waals surface area contributed by atoms with Gasteiger partial charge < -0.3 is 0 Å². The van der Waals surface area contributed by atoms with Crippen LogP contribution in [-0.4, -0.2) is 10.7 Å². The lowest BCUT2D eigenvalue weighted by Crippen LogP contribution is -2.34. The fourth-order valence-electron chi connectivity index (χ4n) is 1.87. The highest BCUT2D eigenvalue weighted by Crippen LogP contribution is 2.42. The number of nitroso groups, excluding NO2 is 1. The summed E-state index contributed by atoms with van der Waals surface area (Å²) in [4.78, 5) is 13.3. The number of fused-ring (bicyclic) bond motifs is 3. The molecule has 0 bridgehead atoms. The zero-order valence-corrected chi connectivity index (χ0v) is 8.25. The second-order valence-electron chi connectivity index (χ2n) is 3.39. The van der Waals surface area contributed by atoms with E-state index >= 15 is 0 Å². The molecule has 1 N–H and O–H groups in total. The van der Waals surface area contributed by atoms with E-state index in [1.165, 1.54) is 16.0 Å². The third-order valence-corrected chi connectivity index (χ3v) is 3.56. The predicted molar refractivity (Wildman–Crippen MR) is 56.4 cm³/mol.